The van der Waals surface area contributed by atoms with E-state index >= 15 is 0 Å². The normalized spacial score (nSPS) is 12.3. The Bertz CT molecular complexity index is 421. The Kier molecular flexibility index (Phi) is 6.87. The minimum absolute atomic E-state index is 0. The predicted octanol–water partition coefficient (Wildman–Crippen LogP) is 2.71. The van der Waals surface area contributed by atoms with Gasteiger partial charge in [-0.1, -0.05) is 18.2 Å². The Morgan fingerprint density at radius 3 is 2.47 bits per heavy atom. The first-order valence-corrected chi connectivity index (χ1v) is 6.00. The first kappa shape index (κ1) is 17.7. The van der Waals surface area contributed by atoms with Crippen molar-refractivity contribution < 1.29 is 14.3 Å². The number of esters is 1. The lowest BCUT2D eigenvalue weighted by atomic mass is 9.80. The van der Waals surface area contributed by atoms with E-state index in [0.29, 0.717) is 12.4 Å². The van der Waals surface area contributed by atoms with Crippen molar-refractivity contribution in [3.05, 3.63) is 29.8 Å². The fourth-order valence-corrected chi connectivity index (χ4v) is 1.80. The molecule has 0 unspecified atom stereocenters. The highest BCUT2D eigenvalue weighted by Crippen LogP contribution is 2.36. The molecule has 1 aromatic rings. The molecular formula is C14H22ClNO3. The molecule has 0 radical (unpaired) electrons. The Balaban J connectivity index is 0.00000324. The number of benzene rings is 1. The van der Waals surface area contributed by atoms with Crippen LogP contribution in [-0.2, 0) is 9.53 Å². The van der Waals surface area contributed by atoms with Gasteiger partial charge in [-0.25, -0.2) is 0 Å². The molecule has 0 aliphatic heterocycles. The van der Waals surface area contributed by atoms with E-state index in [9.17, 15) is 4.79 Å². The predicted molar refractivity (Wildman–Crippen MR) is 77.6 cm³/mol. The van der Waals surface area contributed by atoms with Gasteiger partial charge in [0.1, 0.15) is 5.75 Å². The number of ether oxygens (including phenoxy) is 2. The van der Waals surface area contributed by atoms with E-state index < -0.39 is 11.5 Å². The monoisotopic (exact) mass is 287 g/mol. The fraction of sp³-hybridized carbons (Fsp3) is 0.500. The van der Waals surface area contributed by atoms with Crippen molar-refractivity contribution in [3.8, 4) is 5.75 Å². The largest absolute Gasteiger partial charge is 0.494 e. The molecule has 0 heterocycles. The topological polar surface area (TPSA) is 61.5 Å². The van der Waals surface area contributed by atoms with Gasteiger partial charge in [0.15, 0.2) is 0 Å². The van der Waals surface area contributed by atoms with Crippen LogP contribution in [0.1, 0.15) is 32.4 Å². The van der Waals surface area contributed by atoms with E-state index in [-0.39, 0.29) is 18.4 Å². The summed E-state index contributed by atoms with van der Waals surface area (Å²) < 4.78 is 10.3. The second-order valence-corrected chi connectivity index (χ2v) is 4.66. The molecule has 0 aliphatic rings. The summed E-state index contributed by atoms with van der Waals surface area (Å²) in [4.78, 5) is 11.8. The van der Waals surface area contributed by atoms with Crippen molar-refractivity contribution in [2.45, 2.75) is 26.8 Å². The van der Waals surface area contributed by atoms with E-state index in [2.05, 4.69) is 0 Å². The second kappa shape index (κ2) is 7.36. The fourth-order valence-electron chi connectivity index (χ4n) is 1.80. The minimum atomic E-state index is -0.804. The van der Waals surface area contributed by atoms with Crippen molar-refractivity contribution >= 4 is 18.4 Å². The molecule has 1 atom stereocenters. The molecule has 0 spiro atoms. The highest BCUT2D eigenvalue weighted by molar-refractivity contribution is 5.85. The molecule has 1 aromatic carbocycles. The van der Waals surface area contributed by atoms with Crippen LogP contribution in [-0.4, -0.2) is 19.7 Å². The van der Waals surface area contributed by atoms with Crippen LogP contribution in [0.25, 0.3) is 0 Å². The Morgan fingerprint density at radius 1 is 1.37 bits per heavy atom. The number of carbonyl (C=O) groups is 1. The number of hydrogen-bond donors (Lipinski definition) is 1. The first-order chi connectivity index (χ1) is 8.45. The molecule has 0 bridgehead atoms. The maximum Gasteiger partial charge on any atom is 0.313 e. The third kappa shape index (κ3) is 3.85. The molecular weight excluding hydrogens is 266 g/mol. The molecule has 0 saturated carbocycles. The lowest BCUT2D eigenvalue weighted by molar-refractivity contribution is -0.152. The van der Waals surface area contributed by atoms with E-state index in [1.807, 2.05) is 31.2 Å². The summed E-state index contributed by atoms with van der Waals surface area (Å²) in [5.41, 5.74) is 6.21. The Hall–Kier alpha value is -1.26. The van der Waals surface area contributed by atoms with Gasteiger partial charge in [-0.2, -0.15) is 0 Å². The van der Waals surface area contributed by atoms with Gasteiger partial charge in [0, 0.05) is 11.6 Å². The Morgan fingerprint density at radius 2 is 1.95 bits per heavy atom. The molecule has 0 aromatic heterocycles. The number of halogens is 1. The standard InChI is InChI=1S/C14H21NO3.ClH/c1-5-18-11-9-7-6-8-10(11)12(15)14(2,3)13(16)17-4;/h6-9,12H,5,15H2,1-4H3;1H/t12-;/m0./s1. The van der Waals surface area contributed by atoms with Crippen LogP contribution in [0.3, 0.4) is 0 Å². The molecule has 4 nitrogen and oxygen atoms in total. The van der Waals surface area contributed by atoms with E-state index in [1.165, 1.54) is 7.11 Å². The molecule has 5 heteroatoms. The van der Waals surface area contributed by atoms with Gasteiger partial charge in [0.25, 0.3) is 0 Å². The van der Waals surface area contributed by atoms with Gasteiger partial charge in [-0.3, -0.25) is 4.79 Å². The molecule has 2 N–H and O–H groups in total. The van der Waals surface area contributed by atoms with Gasteiger partial charge >= 0.3 is 5.97 Å². The number of nitrogens with two attached hydrogens (primary N) is 1. The van der Waals surface area contributed by atoms with Gasteiger partial charge in [-0.15, -0.1) is 12.4 Å². The van der Waals surface area contributed by atoms with Crippen LogP contribution < -0.4 is 10.5 Å². The molecule has 0 aliphatic carbocycles. The zero-order valence-corrected chi connectivity index (χ0v) is 12.6. The SMILES string of the molecule is CCOc1ccccc1[C@H](N)C(C)(C)C(=O)OC.Cl. The average molecular weight is 288 g/mol. The molecule has 19 heavy (non-hydrogen) atoms. The maximum atomic E-state index is 11.8. The first-order valence-electron chi connectivity index (χ1n) is 6.00. The van der Waals surface area contributed by atoms with Crippen molar-refractivity contribution in [2.75, 3.05) is 13.7 Å². The smallest absolute Gasteiger partial charge is 0.313 e. The van der Waals surface area contributed by atoms with Crippen molar-refractivity contribution in [2.24, 2.45) is 11.1 Å². The van der Waals surface area contributed by atoms with Gasteiger partial charge in [-0.05, 0) is 26.8 Å². The van der Waals surface area contributed by atoms with E-state index in [1.54, 1.807) is 13.8 Å². The lowest BCUT2D eigenvalue weighted by Crippen LogP contribution is -2.37. The van der Waals surface area contributed by atoms with Gasteiger partial charge in [0.2, 0.25) is 0 Å². The number of methoxy groups -OCH3 is 1. The van der Waals surface area contributed by atoms with Crippen molar-refractivity contribution in [1.82, 2.24) is 0 Å². The van der Waals surface area contributed by atoms with E-state index in [0.717, 1.165) is 5.56 Å². The van der Waals surface area contributed by atoms with Crippen molar-refractivity contribution in [1.29, 1.82) is 0 Å². The minimum Gasteiger partial charge on any atom is -0.494 e. The molecule has 0 amide bonds. The van der Waals surface area contributed by atoms with Gasteiger partial charge < -0.3 is 15.2 Å². The van der Waals surface area contributed by atoms with Crippen LogP contribution >= 0.6 is 12.4 Å². The average Bonchev–Trinajstić information content (AvgIpc) is 2.37. The summed E-state index contributed by atoms with van der Waals surface area (Å²) in [5.74, 6) is 0.380. The second-order valence-electron chi connectivity index (χ2n) is 4.66. The summed E-state index contributed by atoms with van der Waals surface area (Å²) in [6.45, 7) is 6.01. The summed E-state index contributed by atoms with van der Waals surface area (Å²) in [7, 11) is 1.37. The summed E-state index contributed by atoms with van der Waals surface area (Å²) in [6, 6.07) is 7.01. The van der Waals surface area contributed by atoms with Crippen LogP contribution in [0.5, 0.6) is 5.75 Å². The number of rotatable bonds is 5. The van der Waals surface area contributed by atoms with Crippen LogP contribution in [0.4, 0.5) is 0 Å². The number of hydrogen-bond acceptors (Lipinski definition) is 4. The van der Waals surface area contributed by atoms with Crippen molar-refractivity contribution in [3.63, 3.8) is 0 Å². The lowest BCUT2D eigenvalue weighted by Gasteiger charge is -2.30. The number of para-hydroxylation sites is 1. The molecule has 108 valence electrons. The van der Waals surface area contributed by atoms with Crippen LogP contribution in [0.15, 0.2) is 24.3 Å². The van der Waals surface area contributed by atoms with Gasteiger partial charge in [0.05, 0.1) is 19.1 Å². The third-order valence-electron chi connectivity index (χ3n) is 3.04. The Labute approximate surface area is 120 Å². The maximum absolute atomic E-state index is 11.8. The molecule has 0 fully saturated rings. The van der Waals surface area contributed by atoms with E-state index in [4.69, 9.17) is 15.2 Å². The molecule has 0 saturated heterocycles. The highest BCUT2D eigenvalue weighted by atomic mass is 35.5. The zero-order chi connectivity index (χ0) is 13.8. The van der Waals surface area contributed by atoms with Crippen LogP contribution in [0, 0.1) is 5.41 Å². The number of carbonyl (C=O) groups excluding carboxylic acids is 1. The molecule has 1 rings (SSSR count). The third-order valence-corrected chi connectivity index (χ3v) is 3.04. The zero-order valence-electron chi connectivity index (χ0n) is 11.8. The van der Waals surface area contributed by atoms with Crippen LogP contribution in [0.2, 0.25) is 0 Å². The quantitative estimate of drug-likeness (QED) is 0.846. The summed E-state index contributed by atoms with van der Waals surface area (Å²) in [5, 5.41) is 0. The highest BCUT2D eigenvalue weighted by Gasteiger charge is 2.37. The summed E-state index contributed by atoms with van der Waals surface area (Å²) >= 11 is 0. The summed E-state index contributed by atoms with van der Waals surface area (Å²) in [6.07, 6.45) is 0.